The lowest BCUT2D eigenvalue weighted by Crippen LogP contribution is -2.40. The zero-order chi connectivity index (χ0) is 20.1. The molecule has 154 valence electrons. The van der Waals surface area contributed by atoms with Crippen molar-refractivity contribution in [2.24, 2.45) is 5.92 Å². The van der Waals surface area contributed by atoms with Crippen molar-refractivity contribution in [2.75, 3.05) is 26.7 Å². The molecular weight excluding hydrogens is 376 g/mol. The van der Waals surface area contributed by atoms with Crippen LogP contribution >= 0.6 is 0 Å². The normalized spacial score (nSPS) is 18.5. The van der Waals surface area contributed by atoms with Gasteiger partial charge in [-0.1, -0.05) is 13.8 Å². The Hall–Kier alpha value is -1.90. The van der Waals surface area contributed by atoms with E-state index in [1.807, 2.05) is 0 Å². The van der Waals surface area contributed by atoms with Gasteiger partial charge >= 0.3 is 0 Å². The predicted molar refractivity (Wildman–Crippen MR) is 109 cm³/mol. The predicted octanol–water partition coefficient (Wildman–Crippen LogP) is 2.73. The molecule has 7 nitrogen and oxygen atoms in total. The molecule has 1 aromatic carbocycles. The van der Waals surface area contributed by atoms with Gasteiger partial charge in [-0.05, 0) is 61.6 Å². The SMILES string of the molecule is COc1ccc(S(=O)(=O)NC[C@@H]2CCCN(Cc3cc(C(C)C)n[nH]3)C2)cc1. The summed E-state index contributed by atoms with van der Waals surface area (Å²) in [6.07, 6.45) is 2.10. The summed E-state index contributed by atoms with van der Waals surface area (Å²) in [5.74, 6) is 1.35. The third kappa shape index (κ3) is 5.33. The van der Waals surface area contributed by atoms with Crippen LogP contribution in [0.25, 0.3) is 0 Å². The molecule has 2 heterocycles. The van der Waals surface area contributed by atoms with Crippen molar-refractivity contribution >= 4 is 10.0 Å². The molecule has 1 aliphatic heterocycles. The molecule has 8 heteroatoms. The number of H-pyrrole nitrogens is 1. The standard InChI is InChI=1S/C20H30N4O3S/c1-15(2)20-11-17(22-23-20)14-24-10-4-5-16(13-24)12-21-28(25,26)19-8-6-18(27-3)7-9-19/h6-9,11,15-16,21H,4-5,10,12-14H2,1-3H3,(H,22,23)/t16-/m0/s1. The first kappa shape index (κ1) is 20.8. The molecular formula is C20H30N4O3S. The van der Waals surface area contributed by atoms with Crippen LogP contribution in [0.15, 0.2) is 35.2 Å². The third-order valence-electron chi connectivity index (χ3n) is 5.17. The highest BCUT2D eigenvalue weighted by Crippen LogP contribution is 2.20. The van der Waals surface area contributed by atoms with Crippen LogP contribution < -0.4 is 9.46 Å². The van der Waals surface area contributed by atoms with Gasteiger partial charge in [0.25, 0.3) is 0 Å². The van der Waals surface area contributed by atoms with Gasteiger partial charge in [0, 0.05) is 25.3 Å². The molecule has 1 aromatic heterocycles. The van der Waals surface area contributed by atoms with Crippen molar-refractivity contribution in [3.8, 4) is 5.75 Å². The Kier molecular flexibility index (Phi) is 6.74. The van der Waals surface area contributed by atoms with Crippen molar-refractivity contribution in [2.45, 2.75) is 44.0 Å². The van der Waals surface area contributed by atoms with Gasteiger partial charge in [-0.15, -0.1) is 0 Å². The summed E-state index contributed by atoms with van der Waals surface area (Å²) < 4.78 is 32.9. The van der Waals surface area contributed by atoms with Crippen LogP contribution in [0.3, 0.4) is 0 Å². The van der Waals surface area contributed by atoms with Crippen LogP contribution in [0.5, 0.6) is 5.75 Å². The number of aromatic amines is 1. The zero-order valence-electron chi connectivity index (χ0n) is 16.8. The van der Waals surface area contributed by atoms with Gasteiger partial charge in [0.15, 0.2) is 0 Å². The number of likely N-dealkylation sites (tertiary alicyclic amines) is 1. The van der Waals surface area contributed by atoms with E-state index >= 15 is 0 Å². The summed E-state index contributed by atoms with van der Waals surface area (Å²) in [5.41, 5.74) is 2.19. The average molecular weight is 407 g/mol. The Morgan fingerprint density at radius 2 is 2.07 bits per heavy atom. The largest absolute Gasteiger partial charge is 0.497 e. The monoisotopic (exact) mass is 406 g/mol. The van der Waals surface area contributed by atoms with Gasteiger partial charge in [-0.25, -0.2) is 13.1 Å². The second-order valence-corrected chi connectivity index (χ2v) is 9.51. The summed E-state index contributed by atoms with van der Waals surface area (Å²) in [6.45, 7) is 7.43. The highest BCUT2D eigenvalue weighted by molar-refractivity contribution is 7.89. The first-order chi connectivity index (χ1) is 13.4. The number of sulfonamides is 1. The summed E-state index contributed by atoms with van der Waals surface area (Å²) in [5, 5.41) is 7.49. The zero-order valence-corrected chi connectivity index (χ0v) is 17.6. The number of benzene rings is 1. The fourth-order valence-electron chi connectivity index (χ4n) is 3.52. The van der Waals surface area contributed by atoms with Gasteiger partial charge < -0.3 is 4.74 Å². The van der Waals surface area contributed by atoms with Crippen molar-refractivity contribution in [1.82, 2.24) is 19.8 Å². The maximum Gasteiger partial charge on any atom is 0.240 e. The molecule has 3 rings (SSSR count). The van der Waals surface area contributed by atoms with E-state index < -0.39 is 10.0 Å². The number of aromatic nitrogens is 2. The molecule has 0 amide bonds. The molecule has 28 heavy (non-hydrogen) atoms. The van der Waals surface area contributed by atoms with E-state index in [0.29, 0.717) is 24.1 Å². The molecule has 1 fully saturated rings. The number of methoxy groups -OCH3 is 1. The molecule has 2 N–H and O–H groups in total. The molecule has 1 atom stereocenters. The van der Waals surface area contributed by atoms with E-state index in [4.69, 9.17) is 4.74 Å². The second-order valence-electron chi connectivity index (χ2n) is 7.74. The first-order valence-corrected chi connectivity index (χ1v) is 11.3. The summed E-state index contributed by atoms with van der Waals surface area (Å²) in [4.78, 5) is 2.63. The van der Waals surface area contributed by atoms with Gasteiger partial charge in [-0.2, -0.15) is 5.10 Å². The average Bonchev–Trinajstić information content (AvgIpc) is 3.16. The fraction of sp³-hybridized carbons (Fsp3) is 0.550. The van der Waals surface area contributed by atoms with Crippen molar-refractivity contribution in [3.05, 3.63) is 41.7 Å². The van der Waals surface area contributed by atoms with Crippen LogP contribution in [0.4, 0.5) is 0 Å². The lowest BCUT2D eigenvalue weighted by atomic mass is 9.98. The quantitative estimate of drug-likeness (QED) is 0.704. The Labute approximate surface area is 167 Å². The minimum Gasteiger partial charge on any atom is -0.497 e. The van der Waals surface area contributed by atoms with E-state index in [2.05, 4.69) is 39.7 Å². The Morgan fingerprint density at radius 3 is 2.71 bits per heavy atom. The molecule has 0 radical (unpaired) electrons. The molecule has 2 aromatic rings. The smallest absolute Gasteiger partial charge is 0.240 e. The summed E-state index contributed by atoms with van der Waals surface area (Å²) >= 11 is 0. The first-order valence-electron chi connectivity index (χ1n) is 9.77. The maximum atomic E-state index is 12.5. The number of nitrogens with one attached hydrogen (secondary N) is 2. The van der Waals surface area contributed by atoms with Crippen LogP contribution in [-0.4, -0.2) is 50.3 Å². The van der Waals surface area contributed by atoms with E-state index in [1.165, 1.54) is 0 Å². The molecule has 0 spiro atoms. The molecule has 0 bridgehead atoms. The van der Waals surface area contributed by atoms with Crippen molar-refractivity contribution < 1.29 is 13.2 Å². The van der Waals surface area contributed by atoms with Crippen molar-refractivity contribution in [1.29, 1.82) is 0 Å². The highest BCUT2D eigenvalue weighted by Gasteiger charge is 2.23. The number of hydrogen-bond acceptors (Lipinski definition) is 5. The van der Waals surface area contributed by atoms with Crippen molar-refractivity contribution in [3.63, 3.8) is 0 Å². The molecule has 0 unspecified atom stereocenters. The molecule has 0 aliphatic carbocycles. The van der Waals surface area contributed by atoms with Gasteiger partial charge in [-0.3, -0.25) is 10.00 Å². The molecule has 1 saturated heterocycles. The van der Waals surface area contributed by atoms with Crippen LogP contribution in [0.1, 0.15) is 44.0 Å². The minimum absolute atomic E-state index is 0.264. The summed E-state index contributed by atoms with van der Waals surface area (Å²) in [7, 11) is -1.95. The van der Waals surface area contributed by atoms with E-state index in [1.54, 1.807) is 31.4 Å². The lowest BCUT2D eigenvalue weighted by molar-refractivity contribution is 0.167. The fourth-order valence-corrected chi connectivity index (χ4v) is 4.64. The summed E-state index contributed by atoms with van der Waals surface area (Å²) in [6, 6.07) is 8.58. The van der Waals surface area contributed by atoms with E-state index in [-0.39, 0.29) is 4.90 Å². The van der Waals surface area contributed by atoms with Gasteiger partial charge in [0.05, 0.1) is 17.7 Å². The number of ether oxygens (including phenoxy) is 1. The number of piperidine rings is 1. The Balaban J connectivity index is 1.53. The minimum atomic E-state index is -3.51. The van der Waals surface area contributed by atoms with Crippen LogP contribution in [-0.2, 0) is 16.6 Å². The van der Waals surface area contributed by atoms with Gasteiger partial charge in [0.1, 0.15) is 5.75 Å². The number of rotatable bonds is 8. The molecule has 0 saturated carbocycles. The maximum absolute atomic E-state index is 12.5. The lowest BCUT2D eigenvalue weighted by Gasteiger charge is -2.32. The van der Waals surface area contributed by atoms with E-state index in [9.17, 15) is 8.42 Å². The molecule has 1 aliphatic rings. The number of hydrogen-bond donors (Lipinski definition) is 2. The second kappa shape index (κ2) is 9.07. The van der Waals surface area contributed by atoms with Gasteiger partial charge in [0.2, 0.25) is 10.0 Å². The Morgan fingerprint density at radius 1 is 1.32 bits per heavy atom. The Bertz CT molecular complexity index is 862. The third-order valence-corrected chi connectivity index (χ3v) is 6.61. The highest BCUT2D eigenvalue weighted by atomic mass is 32.2. The van der Waals surface area contributed by atoms with Crippen LogP contribution in [0, 0.1) is 5.92 Å². The number of nitrogens with zero attached hydrogens (tertiary/aromatic N) is 2. The topological polar surface area (TPSA) is 87.3 Å². The van der Waals surface area contributed by atoms with E-state index in [0.717, 1.165) is 43.9 Å². The van der Waals surface area contributed by atoms with Crippen LogP contribution in [0.2, 0.25) is 0 Å².